The molecule has 0 radical (unpaired) electrons. The van der Waals surface area contributed by atoms with Crippen LogP contribution >= 0.6 is 28.1 Å². The quantitative estimate of drug-likeness (QED) is 0.504. The van der Waals surface area contributed by atoms with Gasteiger partial charge < -0.3 is 9.47 Å². The Kier molecular flexibility index (Phi) is 8.48. The molecule has 1 rings (SSSR count). The van der Waals surface area contributed by atoms with Gasteiger partial charge in [-0.1, -0.05) is 13.8 Å². The molecular formula is C15H20BrN3O4S. The fourth-order valence-corrected chi connectivity index (χ4v) is 2.17. The van der Waals surface area contributed by atoms with Crippen molar-refractivity contribution in [3.8, 4) is 5.75 Å². The fraction of sp³-hybridized carbons (Fsp3) is 0.400. The van der Waals surface area contributed by atoms with Crippen LogP contribution < -0.4 is 20.9 Å². The first-order valence-corrected chi connectivity index (χ1v) is 8.41. The van der Waals surface area contributed by atoms with Crippen LogP contribution in [0.4, 0.5) is 4.79 Å². The van der Waals surface area contributed by atoms with Crippen molar-refractivity contribution in [2.45, 2.75) is 20.3 Å². The number of hydrazine groups is 1. The molecular weight excluding hydrogens is 398 g/mol. The fourth-order valence-electron chi connectivity index (χ4n) is 1.53. The van der Waals surface area contributed by atoms with E-state index in [0.717, 1.165) is 6.42 Å². The van der Waals surface area contributed by atoms with E-state index >= 15 is 0 Å². The standard InChI is InChI=1S/C15H20BrN3O4S/c1-9(2)6-7-23-12-5-4-10(8-11(12)16)13(20)17-14(24)18-19-15(21)22-3/h4-5,8-9H,6-7H2,1-3H3,(H,19,21)(H2,17,18,20,24). The van der Waals surface area contributed by atoms with Crippen molar-refractivity contribution in [1.82, 2.24) is 16.2 Å². The summed E-state index contributed by atoms with van der Waals surface area (Å²) in [6.45, 7) is 4.85. The number of benzene rings is 1. The Morgan fingerprint density at radius 1 is 1.29 bits per heavy atom. The third kappa shape index (κ3) is 7.14. The Bertz CT molecular complexity index is 610. The van der Waals surface area contributed by atoms with Gasteiger partial charge in [-0.3, -0.25) is 15.5 Å². The van der Waals surface area contributed by atoms with Crippen molar-refractivity contribution in [2.75, 3.05) is 13.7 Å². The summed E-state index contributed by atoms with van der Waals surface area (Å²) in [6.07, 6.45) is 0.221. The second-order valence-corrected chi connectivity index (χ2v) is 6.46. The number of carbonyl (C=O) groups is 2. The molecule has 2 amide bonds. The largest absolute Gasteiger partial charge is 0.492 e. The van der Waals surface area contributed by atoms with Gasteiger partial charge >= 0.3 is 6.09 Å². The van der Waals surface area contributed by atoms with E-state index in [1.54, 1.807) is 18.2 Å². The Morgan fingerprint density at radius 2 is 2.00 bits per heavy atom. The molecule has 0 aliphatic heterocycles. The molecule has 132 valence electrons. The summed E-state index contributed by atoms with van der Waals surface area (Å²) in [7, 11) is 1.21. The van der Waals surface area contributed by atoms with Crippen LogP contribution in [0, 0.1) is 5.92 Å². The Balaban J connectivity index is 2.57. The molecule has 9 heteroatoms. The Labute approximate surface area is 154 Å². The minimum atomic E-state index is -0.725. The molecule has 0 saturated carbocycles. The average Bonchev–Trinajstić information content (AvgIpc) is 2.53. The zero-order valence-corrected chi connectivity index (χ0v) is 16.0. The van der Waals surface area contributed by atoms with E-state index in [9.17, 15) is 9.59 Å². The molecule has 1 aromatic carbocycles. The number of thiocarbonyl (C=S) groups is 1. The van der Waals surface area contributed by atoms with Gasteiger partial charge in [0.25, 0.3) is 5.91 Å². The molecule has 0 aliphatic carbocycles. The minimum absolute atomic E-state index is 0.0567. The minimum Gasteiger partial charge on any atom is -0.492 e. The highest BCUT2D eigenvalue weighted by Crippen LogP contribution is 2.26. The summed E-state index contributed by atoms with van der Waals surface area (Å²) in [5.41, 5.74) is 4.87. The van der Waals surface area contributed by atoms with E-state index in [1.165, 1.54) is 7.11 Å². The van der Waals surface area contributed by atoms with Gasteiger partial charge in [0, 0.05) is 5.56 Å². The van der Waals surface area contributed by atoms with Gasteiger partial charge in [0.15, 0.2) is 5.11 Å². The van der Waals surface area contributed by atoms with E-state index in [2.05, 4.69) is 50.7 Å². The molecule has 1 aromatic rings. The summed E-state index contributed by atoms with van der Waals surface area (Å²) in [6, 6.07) is 4.97. The van der Waals surface area contributed by atoms with Crippen LogP contribution in [0.2, 0.25) is 0 Å². The number of amides is 2. The molecule has 0 bridgehead atoms. The number of nitrogens with one attached hydrogen (secondary N) is 3. The number of halogens is 1. The first-order valence-electron chi connectivity index (χ1n) is 7.21. The van der Waals surface area contributed by atoms with Crippen molar-refractivity contribution in [2.24, 2.45) is 5.92 Å². The zero-order chi connectivity index (χ0) is 18.1. The topological polar surface area (TPSA) is 88.7 Å². The lowest BCUT2D eigenvalue weighted by atomic mass is 10.1. The Hall–Kier alpha value is -1.87. The first kappa shape index (κ1) is 20.2. The maximum atomic E-state index is 12.1. The van der Waals surface area contributed by atoms with Gasteiger partial charge in [0.05, 0.1) is 18.2 Å². The lowest BCUT2D eigenvalue weighted by Crippen LogP contribution is -2.48. The van der Waals surface area contributed by atoms with Gasteiger partial charge in [0.1, 0.15) is 5.75 Å². The molecule has 0 aliphatic rings. The second kappa shape index (κ2) is 10.1. The van der Waals surface area contributed by atoms with Gasteiger partial charge in [-0.05, 0) is 58.7 Å². The summed E-state index contributed by atoms with van der Waals surface area (Å²) in [4.78, 5) is 23.0. The molecule has 3 N–H and O–H groups in total. The van der Waals surface area contributed by atoms with E-state index in [0.29, 0.717) is 28.3 Å². The predicted molar refractivity (Wildman–Crippen MR) is 97.8 cm³/mol. The maximum absolute atomic E-state index is 12.1. The van der Waals surface area contributed by atoms with Gasteiger partial charge in [-0.15, -0.1) is 0 Å². The van der Waals surface area contributed by atoms with Gasteiger partial charge in [0.2, 0.25) is 0 Å². The first-order chi connectivity index (χ1) is 11.3. The van der Waals surface area contributed by atoms with Crippen LogP contribution in [0.25, 0.3) is 0 Å². The third-order valence-electron chi connectivity index (χ3n) is 2.84. The van der Waals surface area contributed by atoms with Crippen molar-refractivity contribution in [3.63, 3.8) is 0 Å². The van der Waals surface area contributed by atoms with Crippen LogP contribution in [0.1, 0.15) is 30.6 Å². The highest BCUT2D eigenvalue weighted by molar-refractivity contribution is 9.10. The normalized spacial score (nSPS) is 10.0. The SMILES string of the molecule is COC(=O)NNC(=S)NC(=O)c1ccc(OCCC(C)C)c(Br)c1. The number of carbonyl (C=O) groups excluding carboxylic acids is 2. The van der Waals surface area contributed by atoms with Crippen LogP contribution in [0.5, 0.6) is 5.75 Å². The molecule has 0 aromatic heterocycles. The molecule has 0 unspecified atom stereocenters. The molecule has 24 heavy (non-hydrogen) atoms. The monoisotopic (exact) mass is 417 g/mol. The number of hydrogen-bond acceptors (Lipinski definition) is 5. The summed E-state index contributed by atoms with van der Waals surface area (Å²) in [5, 5.41) is 2.37. The van der Waals surface area contributed by atoms with E-state index < -0.39 is 12.0 Å². The van der Waals surface area contributed by atoms with Crippen molar-refractivity contribution < 1.29 is 19.1 Å². The summed E-state index contributed by atoms with van der Waals surface area (Å²) < 4.78 is 10.7. The van der Waals surface area contributed by atoms with Crippen LogP contribution in [-0.2, 0) is 4.74 Å². The molecule has 0 spiro atoms. The van der Waals surface area contributed by atoms with Crippen molar-refractivity contribution in [3.05, 3.63) is 28.2 Å². The predicted octanol–water partition coefficient (Wildman–Crippen LogP) is 2.75. The van der Waals surface area contributed by atoms with E-state index in [-0.39, 0.29) is 5.11 Å². The molecule has 0 atom stereocenters. The highest BCUT2D eigenvalue weighted by Gasteiger charge is 2.11. The third-order valence-corrected chi connectivity index (χ3v) is 3.66. The van der Waals surface area contributed by atoms with E-state index in [4.69, 9.17) is 17.0 Å². The Morgan fingerprint density at radius 3 is 2.58 bits per heavy atom. The van der Waals surface area contributed by atoms with Crippen LogP contribution in [0.15, 0.2) is 22.7 Å². The highest BCUT2D eigenvalue weighted by atomic mass is 79.9. The zero-order valence-electron chi connectivity index (χ0n) is 13.6. The lowest BCUT2D eigenvalue weighted by Gasteiger charge is -2.12. The van der Waals surface area contributed by atoms with Crippen molar-refractivity contribution >= 4 is 45.3 Å². The molecule has 0 heterocycles. The maximum Gasteiger partial charge on any atom is 0.425 e. The van der Waals surface area contributed by atoms with Crippen LogP contribution in [0.3, 0.4) is 0 Å². The lowest BCUT2D eigenvalue weighted by molar-refractivity contribution is 0.0975. The number of rotatable bonds is 5. The van der Waals surface area contributed by atoms with Crippen molar-refractivity contribution in [1.29, 1.82) is 0 Å². The number of ether oxygens (including phenoxy) is 2. The van der Waals surface area contributed by atoms with Crippen LogP contribution in [-0.4, -0.2) is 30.8 Å². The van der Waals surface area contributed by atoms with E-state index in [1.807, 2.05) is 0 Å². The van der Waals surface area contributed by atoms with Gasteiger partial charge in [-0.2, -0.15) is 0 Å². The summed E-state index contributed by atoms with van der Waals surface area (Å²) in [5.74, 6) is 0.801. The smallest absolute Gasteiger partial charge is 0.425 e. The second-order valence-electron chi connectivity index (χ2n) is 5.20. The average molecular weight is 418 g/mol. The molecule has 7 nitrogen and oxygen atoms in total. The number of hydrogen-bond donors (Lipinski definition) is 3. The van der Waals surface area contributed by atoms with Gasteiger partial charge in [-0.25, -0.2) is 10.2 Å². The molecule has 0 saturated heterocycles. The number of methoxy groups -OCH3 is 1. The molecule has 0 fully saturated rings. The summed E-state index contributed by atoms with van der Waals surface area (Å²) >= 11 is 8.27.